The number of rotatable bonds is 3. The lowest BCUT2D eigenvalue weighted by atomic mass is 9.79. The predicted octanol–water partition coefficient (Wildman–Crippen LogP) is 4.93. The van der Waals surface area contributed by atoms with Crippen LogP contribution in [0.5, 0.6) is 0 Å². The highest BCUT2D eigenvalue weighted by molar-refractivity contribution is 5.53. The molecule has 1 aromatic rings. The Morgan fingerprint density at radius 2 is 1.72 bits per heavy atom. The Hall–Kier alpha value is -0.980. The summed E-state index contributed by atoms with van der Waals surface area (Å²) in [5, 5.41) is 3.75. The van der Waals surface area contributed by atoms with Gasteiger partial charge in [-0.25, -0.2) is 0 Å². The van der Waals surface area contributed by atoms with E-state index >= 15 is 0 Å². The van der Waals surface area contributed by atoms with Crippen molar-refractivity contribution in [2.75, 3.05) is 5.32 Å². The summed E-state index contributed by atoms with van der Waals surface area (Å²) in [4.78, 5) is 0. The first-order valence-corrected chi connectivity index (χ1v) is 7.40. The Morgan fingerprint density at radius 1 is 1.06 bits per heavy atom. The zero-order valence-corrected chi connectivity index (χ0v) is 12.3. The molecule has 1 nitrogen and oxygen atoms in total. The molecule has 1 N–H and O–H groups in total. The van der Waals surface area contributed by atoms with E-state index in [0.29, 0.717) is 6.04 Å². The maximum Gasteiger partial charge on any atom is 0.0374 e. The van der Waals surface area contributed by atoms with Crippen LogP contribution in [0.2, 0.25) is 0 Å². The number of anilines is 1. The Morgan fingerprint density at radius 3 is 2.33 bits per heavy atom. The molecular weight excluding hydrogens is 218 g/mol. The fraction of sp³-hybridized carbons (Fsp3) is 0.647. The van der Waals surface area contributed by atoms with Gasteiger partial charge in [0, 0.05) is 11.7 Å². The van der Waals surface area contributed by atoms with Crippen LogP contribution >= 0.6 is 0 Å². The molecule has 0 atom stereocenters. The molecule has 0 spiro atoms. The van der Waals surface area contributed by atoms with Crippen molar-refractivity contribution in [3.63, 3.8) is 0 Å². The van der Waals surface area contributed by atoms with Crippen molar-refractivity contribution in [1.29, 1.82) is 0 Å². The van der Waals surface area contributed by atoms with Gasteiger partial charge in [-0.15, -0.1) is 0 Å². The Balaban J connectivity index is 1.93. The first-order valence-electron chi connectivity index (χ1n) is 7.40. The first kappa shape index (κ1) is 13.5. The molecule has 1 saturated carbocycles. The van der Waals surface area contributed by atoms with Crippen LogP contribution in [0.3, 0.4) is 0 Å². The summed E-state index contributed by atoms with van der Waals surface area (Å²) < 4.78 is 0. The molecule has 100 valence electrons. The van der Waals surface area contributed by atoms with Crippen molar-refractivity contribution in [3.05, 3.63) is 29.3 Å². The minimum Gasteiger partial charge on any atom is -0.382 e. The van der Waals surface area contributed by atoms with Gasteiger partial charge in [-0.2, -0.15) is 0 Å². The third-order valence-electron chi connectivity index (χ3n) is 4.47. The fourth-order valence-corrected chi connectivity index (χ4v) is 3.04. The summed E-state index contributed by atoms with van der Waals surface area (Å²) in [6, 6.07) is 7.37. The van der Waals surface area contributed by atoms with E-state index in [4.69, 9.17) is 0 Å². The van der Waals surface area contributed by atoms with E-state index < -0.39 is 0 Å². The van der Waals surface area contributed by atoms with Gasteiger partial charge in [-0.3, -0.25) is 0 Å². The van der Waals surface area contributed by atoms with Gasteiger partial charge in [0.2, 0.25) is 0 Å². The molecular formula is C17H27N. The summed E-state index contributed by atoms with van der Waals surface area (Å²) in [5.41, 5.74) is 4.05. The molecule has 0 aromatic heterocycles. The standard InChI is InChI=1S/C17H27N/c1-12(2)15-7-9-16(10-8-15)18-17-11-13(3)5-6-14(17)4/h5-6,11-12,15-16,18H,7-10H2,1-4H3. The van der Waals surface area contributed by atoms with Crippen LogP contribution in [0.4, 0.5) is 5.69 Å². The second kappa shape index (κ2) is 5.77. The van der Waals surface area contributed by atoms with E-state index in [9.17, 15) is 0 Å². The van der Waals surface area contributed by atoms with Gasteiger partial charge in [0.05, 0.1) is 0 Å². The largest absolute Gasteiger partial charge is 0.382 e. The molecule has 2 rings (SSSR count). The van der Waals surface area contributed by atoms with Gasteiger partial charge in [-0.05, 0) is 68.6 Å². The van der Waals surface area contributed by atoms with E-state index in [0.717, 1.165) is 11.8 Å². The van der Waals surface area contributed by atoms with Crippen LogP contribution in [0.25, 0.3) is 0 Å². The minimum atomic E-state index is 0.681. The SMILES string of the molecule is Cc1ccc(C)c(NC2CCC(C(C)C)CC2)c1. The summed E-state index contributed by atoms with van der Waals surface area (Å²) >= 11 is 0. The molecule has 1 aliphatic carbocycles. The van der Waals surface area contributed by atoms with E-state index in [1.165, 1.54) is 42.5 Å². The zero-order valence-electron chi connectivity index (χ0n) is 12.3. The molecule has 0 saturated heterocycles. The predicted molar refractivity (Wildman–Crippen MR) is 80.1 cm³/mol. The minimum absolute atomic E-state index is 0.681. The van der Waals surface area contributed by atoms with Crippen molar-refractivity contribution < 1.29 is 0 Å². The second-order valence-corrected chi connectivity index (χ2v) is 6.32. The van der Waals surface area contributed by atoms with Crippen LogP contribution in [0, 0.1) is 25.7 Å². The van der Waals surface area contributed by atoms with Gasteiger partial charge >= 0.3 is 0 Å². The van der Waals surface area contributed by atoms with Crippen molar-refractivity contribution in [3.8, 4) is 0 Å². The van der Waals surface area contributed by atoms with E-state index in [1.807, 2.05) is 0 Å². The molecule has 0 bridgehead atoms. The molecule has 0 heterocycles. The van der Waals surface area contributed by atoms with E-state index in [-0.39, 0.29) is 0 Å². The van der Waals surface area contributed by atoms with Crippen molar-refractivity contribution >= 4 is 5.69 Å². The third-order valence-corrected chi connectivity index (χ3v) is 4.47. The number of nitrogens with one attached hydrogen (secondary N) is 1. The number of benzene rings is 1. The van der Waals surface area contributed by atoms with Gasteiger partial charge in [0.1, 0.15) is 0 Å². The first-order chi connectivity index (χ1) is 8.56. The van der Waals surface area contributed by atoms with E-state index in [1.54, 1.807) is 0 Å². The quantitative estimate of drug-likeness (QED) is 0.796. The average molecular weight is 245 g/mol. The van der Waals surface area contributed by atoms with E-state index in [2.05, 4.69) is 51.2 Å². The number of hydrogen-bond acceptors (Lipinski definition) is 1. The Kier molecular flexibility index (Phi) is 4.31. The molecule has 1 aromatic carbocycles. The van der Waals surface area contributed by atoms with Crippen molar-refractivity contribution in [1.82, 2.24) is 0 Å². The number of aryl methyl sites for hydroxylation is 2. The topological polar surface area (TPSA) is 12.0 Å². The highest BCUT2D eigenvalue weighted by atomic mass is 14.9. The second-order valence-electron chi connectivity index (χ2n) is 6.32. The summed E-state index contributed by atoms with van der Waals surface area (Å²) in [7, 11) is 0. The summed E-state index contributed by atoms with van der Waals surface area (Å²) in [5.74, 6) is 1.80. The van der Waals surface area contributed by atoms with Crippen LogP contribution in [-0.4, -0.2) is 6.04 Å². The number of hydrogen-bond donors (Lipinski definition) is 1. The van der Waals surface area contributed by atoms with Crippen LogP contribution < -0.4 is 5.32 Å². The monoisotopic (exact) mass is 245 g/mol. The lowest BCUT2D eigenvalue weighted by molar-refractivity contribution is 0.267. The summed E-state index contributed by atoms with van der Waals surface area (Å²) in [6.07, 6.45) is 5.44. The average Bonchev–Trinajstić information content (AvgIpc) is 2.34. The Bertz CT molecular complexity index is 387. The lowest BCUT2D eigenvalue weighted by Crippen LogP contribution is -2.28. The molecule has 1 heteroatoms. The van der Waals surface area contributed by atoms with Crippen LogP contribution in [0.15, 0.2) is 18.2 Å². The molecule has 0 unspecified atom stereocenters. The van der Waals surface area contributed by atoms with Crippen molar-refractivity contribution in [2.24, 2.45) is 11.8 Å². The van der Waals surface area contributed by atoms with Gasteiger partial charge in [-0.1, -0.05) is 26.0 Å². The van der Waals surface area contributed by atoms with Crippen molar-refractivity contribution in [2.45, 2.75) is 59.4 Å². The zero-order chi connectivity index (χ0) is 13.1. The molecule has 1 aliphatic rings. The molecule has 0 amide bonds. The molecule has 1 fully saturated rings. The highest BCUT2D eigenvalue weighted by Gasteiger charge is 2.23. The maximum absolute atomic E-state index is 3.75. The van der Waals surface area contributed by atoms with Crippen LogP contribution in [-0.2, 0) is 0 Å². The lowest BCUT2D eigenvalue weighted by Gasteiger charge is -2.32. The molecule has 0 radical (unpaired) electrons. The highest BCUT2D eigenvalue weighted by Crippen LogP contribution is 2.31. The third kappa shape index (κ3) is 3.28. The fourth-order valence-electron chi connectivity index (χ4n) is 3.04. The van der Waals surface area contributed by atoms with Gasteiger partial charge < -0.3 is 5.32 Å². The molecule has 18 heavy (non-hydrogen) atoms. The maximum atomic E-state index is 3.75. The smallest absolute Gasteiger partial charge is 0.0374 e. The van der Waals surface area contributed by atoms with Gasteiger partial charge in [0.15, 0.2) is 0 Å². The van der Waals surface area contributed by atoms with Gasteiger partial charge in [0.25, 0.3) is 0 Å². The summed E-state index contributed by atoms with van der Waals surface area (Å²) in [6.45, 7) is 9.09. The molecule has 0 aliphatic heterocycles. The normalized spacial score (nSPS) is 24.3. The van der Waals surface area contributed by atoms with Crippen LogP contribution in [0.1, 0.15) is 50.7 Å². The Labute approximate surface area is 112 Å².